The minimum Gasteiger partial charge on any atom is -0.456 e. The summed E-state index contributed by atoms with van der Waals surface area (Å²) in [4.78, 5) is 27.1. The molecule has 3 atom stereocenters. The van der Waals surface area contributed by atoms with E-state index in [1.54, 1.807) is 0 Å². The van der Waals surface area contributed by atoms with Crippen LogP contribution in [0.25, 0.3) is 10.9 Å². The summed E-state index contributed by atoms with van der Waals surface area (Å²) in [5.74, 6) is 1.55. The quantitative estimate of drug-likeness (QED) is 0.750. The van der Waals surface area contributed by atoms with Crippen LogP contribution in [0.4, 0.5) is 0 Å². The Bertz CT molecular complexity index is 797. The van der Waals surface area contributed by atoms with Crippen LogP contribution in [0, 0.1) is 17.8 Å². The molecular formula is C21H26N2O3. The van der Waals surface area contributed by atoms with Crippen molar-refractivity contribution in [2.75, 3.05) is 13.2 Å². The molecule has 5 nitrogen and oxygen atoms in total. The monoisotopic (exact) mass is 354 g/mol. The first-order valence-electron chi connectivity index (χ1n) is 9.66. The van der Waals surface area contributed by atoms with Crippen LogP contribution >= 0.6 is 0 Å². The number of H-pyrrole nitrogens is 1. The van der Waals surface area contributed by atoms with E-state index in [0.717, 1.165) is 24.3 Å². The number of carbonyl (C=O) groups excluding carboxylic acids is 2. The fraction of sp³-hybridized carbons (Fsp3) is 0.524. The number of para-hydroxylation sites is 1. The molecule has 2 aliphatic carbocycles. The zero-order valence-electron chi connectivity index (χ0n) is 15.0. The van der Waals surface area contributed by atoms with Gasteiger partial charge in [-0.2, -0.15) is 0 Å². The van der Waals surface area contributed by atoms with Crippen molar-refractivity contribution in [3.05, 3.63) is 36.0 Å². The fourth-order valence-electron chi connectivity index (χ4n) is 4.77. The second kappa shape index (κ2) is 7.52. The zero-order valence-corrected chi connectivity index (χ0v) is 15.0. The maximum atomic E-state index is 12.0. The molecule has 2 bridgehead atoms. The van der Waals surface area contributed by atoms with Crippen LogP contribution in [0.3, 0.4) is 0 Å². The topological polar surface area (TPSA) is 71.2 Å². The van der Waals surface area contributed by atoms with E-state index < -0.39 is 0 Å². The summed E-state index contributed by atoms with van der Waals surface area (Å²) < 4.78 is 5.17. The maximum Gasteiger partial charge on any atom is 0.306 e. The fourth-order valence-corrected chi connectivity index (χ4v) is 4.77. The molecule has 0 radical (unpaired) electrons. The van der Waals surface area contributed by atoms with Gasteiger partial charge in [0.1, 0.15) is 0 Å². The average molecular weight is 354 g/mol. The SMILES string of the molecule is O=C(COC(=O)C[C@H]1C[C@H]2CC[C@@H]1C2)NCCc1c[nH]c2ccccc12. The lowest BCUT2D eigenvalue weighted by Gasteiger charge is -2.20. The predicted octanol–water partition coefficient (Wildman–Crippen LogP) is 3.20. The smallest absolute Gasteiger partial charge is 0.306 e. The number of ether oxygens (including phenoxy) is 1. The number of hydrogen-bond donors (Lipinski definition) is 2. The number of rotatable bonds is 7. The number of hydrogen-bond acceptors (Lipinski definition) is 3. The van der Waals surface area contributed by atoms with E-state index in [9.17, 15) is 9.59 Å². The summed E-state index contributed by atoms with van der Waals surface area (Å²) in [6.45, 7) is 0.359. The van der Waals surface area contributed by atoms with Crippen LogP contribution in [0.2, 0.25) is 0 Å². The Morgan fingerprint density at radius 2 is 2.08 bits per heavy atom. The number of fused-ring (bicyclic) bond motifs is 3. The number of esters is 1. The molecule has 5 heteroatoms. The largest absolute Gasteiger partial charge is 0.456 e. The molecule has 4 rings (SSSR count). The molecule has 0 aliphatic heterocycles. The standard InChI is InChI=1S/C21H26N2O3/c24-20(13-26-21(25)11-17-10-14-5-6-15(17)9-14)22-8-7-16-12-23-19-4-2-1-3-18(16)19/h1-4,12,14-15,17,23H,5-11,13H2,(H,22,24)/t14-,15+,17+/m0/s1. The van der Waals surface area contributed by atoms with Gasteiger partial charge in [-0.15, -0.1) is 0 Å². The second-order valence-electron chi connectivity index (χ2n) is 7.76. The summed E-state index contributed by atoms with van der Waals surface area (Å²) in [5.41, 5.74) is 2.28. The molecule has 0 spiro atoms. The van der Waals surface area contributed by atoms with Gasteiger partial charge < -0.3 is 15.0 Å². The third-order valence-corrected chi connectivity index (χ3v) is 6.07. The van der Waals surface area contributed by atoms with E-state index in [2.05, 4.69) is 16.4 Å². The second-order valence-corrected chi connectivity index (χ2v) is 7.76. The lowest BCUT2D eigenvalue weighted by molar-refractivity contribution is -0.149. The molecule has 2 fully saturated rings. The van der Waals surface area contributed by atoms with Gasteiger partial charge in [-0.1, -0.05) is 24.6 Å². The minimum atomic E-state index is -0.230. The number of nitrogens with one attached hydrogen (secondary N) is 2. The molecule has 0 saturated heterocycles. The highest BCUT2D eigenvalue weighted by Crippen LogP contribution is 2.49. The summed E-state index contributed by atoms with van der Waals surface area (Å²) in [6.07, 6.45) is 8.24. The van der Waals surface area contributed by atoms with Gasteiger partial charge in [0.05, 0.1) is 0 Å². The highest BCUT2D eigenvalue weighted by Gasteiger charge is 2.40. The number of aromatic amines is 1. The normalized spacial score (nSPS) is 24.1. The van der Waals surface area contributed by atoms with E-state index >= 15 is 0 Å². The molecule has 2 saturated carbocycles. The van der Waals surface area contributed by atoms with Gasteiger partial charge in [-0.05, 0) is 55.1 Å². The van der Waals surface area contributed by atoms with Crippen molar-refractivity contribution in [3.8, 4) is 0 Å². The molecule has 138 valence electrons. The molecule has 1 aromatic carbocycles. The average Bonchev–Trinajstić information content (AvgIpc) is 3.36. The Hall–Kier alpha value is -2.30. The lowest BCUT2D eigenvalue weighted by atomic mass is 9.86. The van der Waals surface area contributed by atoms with E-state index in [4.69, 9.17) is 4.74 Å². The number of aromatic nitrogens is 1. The minimum absolute atomic E-state index is 0.173. The third-order valence-electron chi connectivity index (χ3n) is 6.07. The van der Waals surface area contributed by atoms with Crippen molar-refractivity contribution in [3.63, 3.8) is 0 Å². The zero-order chi connectivity index (χ0) is 17.9. The van der Waals surface area contributed by atoms with Crippen LogP contribution in [0.1, 0.15) is 37.7 Å². The molecule has 2 aromatic rings. The summed E-state index contributed by atoms with van der Waals surface area (Å²) in [6, 6.07) is 8.11. The van der Waals surface area contributed by atoms with Gasteiger partial charge in [-0.25, -0.2) is 0 Å². The Morgan fingerprint density at radius 3 is 2.88 bits per heavy atom. The van der Waals surface area contributed by atoms with Gasteiger partial charge in [0.2, 0.25) is 0 Å². The van der Waals surface area contributed by atoms with Crippen LogP contribution in [-0.2, 0) is 20.7 Å². The van der Waals surface area contributed by atoms with Crippen molar-refractivity contribution in [1.82, 2.24) is 10.3 Å². The van der Waals surface area contributed by atoms with Gasteiger partial charge in [-0.3, -0.25) is 9.59 Å². The molecule has 1 heterocycles. The lowest BCUT2D eigenvalue weighted by Crippen LogP contribution is -2.31. The van der Waals surface area contributed by atoms with Gasteiger partial charge in [0.25, 0.3) is 5.91 Å². The Kier molecular flexibility index (Phi) is 4.96. The number of benzene rings is 1. The van der Waals surface area contributed by atoms with Gasteiger partial charge in [0.15, 0.2) is 6.61 Å². The van der Waals surface area contributed by atoms with E-state index in [1.807, 2.05) is 24.4 Å². The molecular weight excluding hydrogens is 328 g/mol. The van der Waals surface area contributed by atoms with Crippen molar-refractivity contribution in [2.45, 2.75) is 38.5 Å². The van der Waals surface area contributed by atoms with Crippen molar-refractivity contribution in [1.29, 1.82) is 0 Å². The predicted molar refractivity (Wildman–Crippen MR) is 99.5 cm³/mol. The Balaban J connectivity index is 1.16. The highest BCUT2D eigenvalue weighted by molar-refractivity contribution is 5.83. The third kappa shape index (κ3) is 3.76. The maximum absolute atomic E-state index is 12.0. The van der Waals surface area contributed by atoms with E-state index in [-0.39, 0.29) is 18.5 Å². The van der Waals surface area contributed by atoms with Gasteiger partial charge in [0, 0.05) is 30.1 Å². The van der Waals surface area contributed by atoms with Crippen molar-refractivity contribution < 1.29 is 14.3 Å². The first-order chi connectivity index (χ1) is 12.7. The van der Waals surface area contributed by atoms with Crippen LogP contribution in [-0.4, -0.2) is 30.0 Å². The number of amides is 1. The molecule has 2 N–H and O–H groups in total. The van der Waals surface area contributed by atoms with Crippen LogP contribution < -0.4 is 5.32 Å². The van der Waals surface area contributed by atoms with Crippen molar-refractivity contribution >= 4 is 22.8 Å². The van der Waals surface area contributed by atoms with E-state index in [1.165, 1.54) is 30.2 Å². The highest BCUT2D eigenvalue weighted by atomic mass is 16.5. The van der Waals surface area contributed by atoms with Crippen molar-refractivity contribution in [2.24, 2.45) is 17.8 Å². The summed E-state index contributed by atoms with van der Waals surface area (Å²) >= 11 is 0. The first-order valence-corrected chi connectivity index (χ1v) is 9.66. The molecule has 2 aliphatic rings. The first kappa shape index (κ1) is 17.1. The van der Waals surface area contributed by atoms with Crippen LogP contribution in [0.15, 0.2) is 30.5 Å². The summed E-state index contributed by atoms with van der Waals surface area (Å²) in [7, 11) is 0. The molecule has 1 amide bonds. The van der Waals surface area contributed by atoms with E-state index in [0.29, 0.717) is 24.8 Å². The Labute approximate surface area is 153 Å². The Morgan fingerprint density at radius 1 is 1.19 bits per heavy atom. The summed E-state index contributed by atoms with van der Waals surface area (Å²) in [5, 5.41) is 4.01. The van der Waals surface area contributed by atoms with Crippen LogP contribution in [0.5, 0.6) is 0 Å². The molecule has 0 unspecified atom stereocenters. The van der Waals surface area contributed by atoms with Gasteiger partial charge >= 0.3 is 5.97 Å². The molecule has 26 heavy (non-hydrogen) atoms. The number of carbonyl (C=O) groups is 2. The molecule has 1 aromatic heterocycles.